The highest BCUT2D eigenvalue weighted by atomic mass is 15.3. The van der Waals surface area contributed by atoms with Crippen LogP contribution in [0.15, 0.2) is 18.2 Å². The molecule has 2 rings (SSSR count). The fraction of sp³-hybridized carbons (Fsp3) is 0.364. The van der Waals surface area contributed by atoms with Gasteiger partial charge in [-0.1, -0.05) is 32.9 Å². The molecule has 0 unspecified atom stereocenters. The molecule has 4 N–H and O–H groups in total. The van der Waals surface area contributed by atoms with Crippen LogP contribution in [-0.4, -0.2) is 9.97 Å². The van der Waals surface area contributed by atoms with Crippen molar-refractivity contribution in [2.45, 2.75) is 26.2 Å². The van der Waals surface area contributed by atoms with E-state index in [9.17, 15) is 0 Å². The Kier molecular flexibility index (Phi) is 2.16. The number of anilines is 1. The average Bonchev–Trinajstić information content (AvgIpc) is 2.57. The lowest BCUT2D eigenvalue weighted by atomic mass is 9.86. The van der Waals surface area contributed by atoms with Crippen molar-refractivity contribution in [3.05, 3.63) is 23.8 Å². The minimum atomic E-state index is 0.0839. The zero-order valence-electron chi connectivity index (χ0n) is 9.26. The van der Waals surface area contributed by atoms with Gasteiger partial charge in [0.25, 0.3) is 0 Å². The fourth-order valence-electron chi connectivity index (χ4n) is 1.71. The molecule has 1 heterocycles. The Morgan fingerprint density at radius 2 is 2.07 bits per heavy atom. The SMILES string of the molecule is CC(C)(C)c1cccc2[nH]c(NN)nc12. The summed E-state index contributed by atoms with van der Waals surface area (Å²) in [7, 11) is 0. The van der Waals surface area contributed by atoms with Crippen molar-refractivity contribution in [1.82, 2.24) is 9.97 Å². The van der Waals surface area contributed by atoms with E-state index in [1.807, 2.05) is 12.1 Å². The van der Waals surface area contributed by atoms with Crippen LogP contribution in [0.4, 0.5) is 5.95 Å². The minimum Gasteiger partial charge on any atom is -0.323 e. The Hall–Kier alpha value is -1.55. The van der Waals surface area contributed by atoms with Crippen LogP contribution in [0.5, 0.6) is 0 Å². The highest BCUT2D eigenvalue weighted by molar-refractivity contribution is 5.81. The molecule has 2 aromatic rings. The second kappa shape index (κ2) is 3.24. The molecule has 0 amide bonds. The third-order valence-electron chi connectivity index (χ3n) is 2.46. The molecule has 0 saturated carbocycles. The lowest BCUT2D eigenvalue weighted by molar-refractivity contribution is 0.595. The molecular weight excluding hydrogens is 188 g/mol. The molecule has 0 spiro atoms. The molecule has 0 saturated heterocycles. The zero-order valence-corrected chi connectivity index (χ0v) is 9.26. The predicted molar refractivity (Wildman–Crippen MR) is 62.6 cm³/mol. The summed E-state index contributed by atoms with van der Waals surface area (Å²) < 4.78 is 0. The number of benzene rings is 1. The normalized spacial score (nSPS) is 12.0. The summed E-state index contributed by atoms with van der Waals surface area (Å²) in [6.45, 7) is 6.52. The van der Waals surface area contributed by atoms with Crippen LogP contribution in [0.2, 0.25) is 0 Å². The number of hydrogen-bond acceptors (Lipinski definition) is 3. The van der Waals surface area contributed by atoms with E-state index in [1.165, 1.54) is 5.56 Å². The Labute approximate surface area is 88.9 Å². The number of rotatable bonds is 1. The van der Waals surface area contributed by atoms with Gasteiger partial charge in [-0.3, -0.25) is 5.43 Å². The molecule has 0 bridgehead atoms. The Morgan fingerprint density at radius 1 is 1.33 bits per heavy atom. The van der Waals surface area contributed by atoms with Crippen molar-refractivity contribution in [3.8, 4) is 0 Å². The number of hydrazine groups is 1. The summed E-state index contributed by atoms with van der Waals surface area (Å²) in [6, 6.07) is 6.13. The van der Waals surface area contributed by atoms with Crippen molar-refractivity contribution in [3.63, 3.8) is 0 Å². The van der Waals surface area contributed by atoms with Gasteiger partial charge in [0.2, 0.25) is 5.95 Å². The van der Waals surface area contributed by atoms with Crippen molar-refractivity contribution < 1.29 is 0 Å². The first-order valence-electron chi connectivity index (χ1n) is 4.98. The van der Waals surface area contributed by atoms with Crippen LogP contribution in [-0.2, 0) is 5.41 Å². The first-order valence-corrected chi connectivity index (χ1v) is 4.98. The molecule has 0 aliphatic heterocycles. The smallest absolute Gasteiger partial charge is 0.215 e. The summed E-state index contributed by atoms with van der Waals surface area (Å²) in [4.78, 5) is 7.52. The highest BCUT2D eigenvalue weighted by Crippen LogP contribution is 2.29. The van der Waals surface area contributed by atoms with E-state index in [4.69, 9.17) is 5.84 Å². The number of hydrogen-bond donors (Lipinski definition) is 3. The molecule has 0 radical (unpaired) electrons. The van der Waals surface area contributed by atoms with E-state index in [1.54, 1.807) is 0 Å². The van der Waals surface area contributed by atoms with Gasteiger partial charge in [0, 0.05) is 0 Å². The molecule has 80 valence electrons. The molecule has 1 aromatic carbocycles. The summed E-state index contributed by atoms with van der Waals surface area (Å²) in [5, 5.41) is 0. The molecule has 0 atom stereocenters. The number of nitrogens with one attached hydrogen (secondary N) is 2. The maximum Gasteiger partial charge on any atom is 0.215 e. The molecule has 0 aliphatic carbocycles. The standard InChI is InChI=1S/C11H16N4/c1-11(2,3)7-5-4-6-8-9(7)14-10(13-8)15-12/h4-6H,12H2,1-3H3,(H2,13,14,15). The number of nitrogens with two attached hydrogens (primary N) is 1. The molecule has 1 aromatic heterocycles. The number of imidazole rings is 1. The van der Waals surface area contributed by atoms with E-state index in [2.05, 4.69) is 42.2 Å². The third-order valence-corrected chi connectivity index (χ3v) is 2.46. The first kappa shape index (κ1) is 9.98. The zero-order chi connectivity index (χ0) is 11.1. The van der Waals surface area contributed by atoms with Gasteiger partial charge < -0.3 is 4.98 Å². The molecule has 0 fully saturated rings. The van der Waals surface area contributed by atoms with E-state index < -0.39 is 0 Å². The van der Waals surface area contributed by atoms with Gasteiger partial charge in [0.05, 0.1) is 11.0 Å². The third kappa shape index (κ3) is 1.68. The summed E-state index contributed by atoms with van der Waals surface area (Å²) in [5.41, 5.74) is 5.83. The van der Waals surface area contributed by atoms with Crippen LogP contribution in [0.25, 0.3) is 11.0 Å². The van der Waals surface area contributed by atoms with E-state index in [-0.39, 0.29) is 5.41 Å². The Balaban J connectivity index is 2.70. The van der Waals surface area contributed by atoms with Crippen LogP contribution in [0.3, 0.4) is 0 Å². The molecular formula is C11H16N4. The van der Waals surface area contributed by atoms with Gasteiger partial charge >= 0.3 is 0 Å². The fourth-order valence-corrected chi connectivity index (χ4v) is 1.71. The Morgan fingerprint density at radius 3 is 2.67 bits per heavy atom. The maximum atomic E-state index is 5.33. The van der Waals surface area contributed by atoms with Gasteiger partial charge in [-0.25, -0.2) is 10.8 Å². The lowest BCUT2D eigenvalue weighted by Crippen LogP contribution is -2.11. The van der Waals surface area contributed by atoms with Gasteiger partial charge in [-0.05, 0) is 17.0 Å². The number of nitrogen functional groups attached to an aromatic ring is 1. The summed E-state index contributed by atoms with van der Waals surface area (Å²) in [6.07, 6.45) is 0. The Bertz CT molecular complexity index is 479. The van der Waals surface area contributed by atoms with Gasteiger partial charge in [-0.15, -0.1) is 0 Å². The van der Waals surface area contributed by atoms with Crippen molar-refractivity contribution >= 4 is 17.0 Å². The average molecular weight is 204 g/mol. The lowest BCUT2D eigenvalue weighted by Gasteiger charge is -2.18. The molecule has 4 nitrogen and oxygen atoms in total. The summed E-state index contributed by atoms with van der Waals surface area (Å²) in [5.74, 6) is 5.93. The molecule has 4 heteroatoms. The van der Waals surface area contributed by atoms with Gasteiger partial charge in [-0.2, -0.15) is 0 Å². The van der Waals surface area contributed by atoms with Crippen molar-refractivity contribution in [2.75, 3.05) is 5.43 Å². The largest absolute Gasteiger partial charge is 0.323 e. The monoisotopic (exact) mass is 204 g/mol. The number of aromatic nitrogens is 2. The molecule has 0 aliphatic rings. The number of para-hydroxylation sites is 1. The second-order valence-corrected chi connectivity index (χ2v) is 4.68. The quantitative estimate of drug-likeness (QED) is 0.492. The number of fused-ring (bicyclic) bond motifs is 1. The second-order valence-electron chi connectivity index (χ2n) is 4.68. The topological polar surface area (TPSA) is 66.7 Å². The van der Waals surface area contributed by atoms with E-state index in [0.717, 1.165) is 11.0 Å². The van der Waals surface area contributed by atoms with Crippen LogP contribution >= 0.6 is 0 Å². The number of aromatic amines is 1. The summed E-state index contributed by atoms with van der Waals surface area (Å²) >= 11 is 0. The van der Waals surface area contributed by atoms with Gasteiger partial charge in [0.15, 0.2) is 0 Å². The minimum absolute atomic E-state index is 0.0839. The number of nitrogens with zero attached hydrogens (tertiary/aromatic N) is 1. The van der Waals surface area contributed by atoms with E-state index >= 15 is 0 Å². The van der Waals surface area contributed by atoms with Crippen LogP contribution < -0.4 is 11.3 Å². The van der Waals surface area contributed by atoms with E-state index in [0.29, 0.717) is 5.95 Å². The first-order chi connectivity index (χ1) is 7.02. The highest BCUT2D eigenvalue weighted by Gasteiger charge is 2.18. The number of H-pyrrole nitrogens is 1. The molecule has 15 heavy (non-hydrogen) atoms. The van der Waals surface area contributed by atoms with Crippen molar-refractivity contribution in [2.24, 2.45) is 5.84 Å². The van der Waals surface area contributed by atoms with Gasteiger partial charge in [0.1, 0.15) is 0 Å². The maximum absolute atomic E-state index is 5.33. The van der Waals surface area contributed by atoms with Crippen LogP contribution in [0, 0.1) is 0 Å². The predicted octanol–water partition coefficient (Wildman–Crippen LogP) is 2.15. The van der Waals surface area contributed by atoms with Crippen LogP contribution in [0.1, 0.15) is 26.3 Å². The van der Waals surface area contributed by atoms with Crippen molar-refractivity contribution in [1.29, 1.82) is 0 Å².